The fourth-order valence-electron chi connectivity index (χ4n) is 1.41. The third-order valence-electron chi connectivity index (χ3n) is 2.55. The Balaban J connectivity index is 2.86. The lowest BCUT2D eigenvalue weighted by Crippen LogP contribution is -2.22. The van der Waals surface area contributed by atoms with Gasteiger partial charge < -0.3 is 21.3 Å². The summed E-state index contributed by atoms with van der Waals surface area (Å²) in [5, 5.41) is 20.8. The minimum absolute atomic E-state index is 0.00502. The standard InChI is InChI=1S/C12H16N2O4/c1-7(4-5-13)11(16)14-9-6-8(12(17)18)2-3-10(9)15/h2-3,6-7,15H,4-5,13H2,1H3,(H,14,16)(H,17,18). The highest BCUT2D eigenvalue weighted by molar-refractivity contribution is 5.96. The molecule has 98 valence electrons. The highest BCUT2D eigenvalue weighted by Crippen LogP contribution is 2.25. The van der Waals surface area contributed by atoms with Crippen molar-refractivity contribution in [3.05, 3.63) is 23.8 Å². The number of nitrogens with one attached hydrogen (secondary N) is 1. The molecule has 0 aliphatic carbocycles. The Bertz CT molecular complexity index is 459. The average Bonchev–Trinajstić information content (AvgIpc) is 2.31. The summed E-state index contributed by atoms with van der Waals surface area (Å²) < 4.78 is 0. The molecule has 0 saturated carbocycles. The maximum Gasteiger partial charge on any atom is 0.335 e. The second-order valence-corrected chi connectivity index (χ2v) is 4.00. The first-order valence-corrected chi connectivity index (χ1v) is 5.53. The van der Waals surface area contributed by atoms with Crippen molar-refractivity contribution in [1.82, 2.24) is 0 Å². The molecular weight excluding hydrogens is 236 g/mol. The minimum atomic E-state index is -1.12. The molecule has 1 rings (SSSR count). The number of aromatic carboxylic acids is 1. The molecule has 0 spiro atoms. The van der Waals surface area contributed by atoms with Gasteiger partial charge in [-0.15, -0.1) is 0 Å². The molecule has 1 amide bonds. The molecule has 0 saturated heterocycles. The van der Waals surface area contributed by atoms with E-state index >= 15 is 0 Å². The van der Waals surface area contributed by atoms with Crippen LogP contribution in [-0.4, -0.2) is 28.6 Å². The average molecular weight is 252 g/mol. The first-order valence-electron chi connectivity index (χ1n) is 5.53. The predicted molar refractivity (Wildman–Crippen MR) is 66.5 cm³/mol. The summed E-state index contributed by atoms with van der Waals surface area (Å²) in [7, 11) is 0. The number of anilines is 1. The van der Waals surface area contributed by atoms with Crippen LogP contribution >= 0.6 is 0 Å². The van der Waals surface area contributed by atoms with Crippen LogP contribution in [0, 0.1) is 5.92 Å². The van der Waals surface area contributed by atoms with E-state index < -0.39 is 5.97 Å². The lowest BCUT2D eigenvalue weighted by Gasteiger charge is -2.12. The van der Waals surface area contributed by atoms with Crippen LogP contribution in [0.4, 0.5) is 5.69 Å². The van der Waals surface area contributed by atoms with E-state index in [9.17, 15) is 14.7 Å². The number of carboxylic acids is 1. The minimum Gasteiger partial charge on any atom is -0.506 e. The number of amides is 1. The molecule has 1 aromatic carbocycles. The van der Waals surface area contributed by atoms with Crippen LogP contribution in [-0.2, 0) is 4.79 Å². The third-order valence-corrected chi connectivity index (χ3v) is 2.55. The van der Waals surface area contributed by atoms with Crippen LogP contribution in [0.25, 0.3) is 0 Å². The Kier molecular flexibility index (Phi) is 4.67. The molecule has 0 aromatic heterocycles. The maximum atomic E-state index is 11.7. The molecule has 6 nitrogen and oxygen atoms in total. The zero-order valence-electron chi connectivity index (χ0n) is 10.0. The number of carboxylic acid groups (broad SMARTS) is 1. The number of rotatable bonds is 5. The summed E-state index contributed by atoms with van der Waals surface area (Å²) in [5.74, 6) is -1.91. The van der Waals surface area contributed by atoms with Crippen molar-refractivity contribution >= 4 is 17.6 Å². The maximum absolute atomic E-state index is 11.7. The van der Waals surface area contributed by atoms with Gasteiger partial charge in [0.1, 0.15) is 5.75 Å². The normalized spacial score (nSPS) is 11.9. The number of benzene rings is 1. The second-order valence-electron chi connectivity index (χ2n) is 4.00. The number of phenols is 1. The van der Waals surface area contributed by atoms with Crippen LogP contribution in [0.5, 0.6) is 5.75 Å². The number of nitrogens with two attached hydrogens (primary N) is 1. The largest absolute Gasteiger partial charge is 0.506 e. The fourth-order valence-corrected chi connectivity index (χ4v) is 1.41. The van der Waals surface area contributed by atoms with Gasteiger partial charge in [-0.1, -0.05) is 6.92 Å². The molecule has 6 heteroatoms. The molecule has 1 unspecified atom stereocenters. The molecule has 0 fully saturated rings. The number of hydrogen-bond acceptors (Lipinski definition) is 4. The molecule has 1 atom stereocenters. The van der Waals surface area contributed by atoms with E-state index in [0.717, 1.165) is 0 Å². The van der Waals surface area contributed by atoms with Crippen LogP contribution in [0.2, 0.25) is 0 Å². The van der Waals surface area contributed by atoms with Crippen LogP contribution < -0.4 is 11.1 Å². The summed E-state index contributed by atoms with van der Waals surface area (Å²) in [6.45, 7) is 2.09. The van der Waals surface area contributed by atoms with Crippen molar-refractivity contribution in [3.63, 3.8) is 0 Å². The van der Waals surface area contributed by atoms with E-state index in [-0.39, 0.29) is 28.8 Å². The molecular formula is C12H16N2O4. The van der Waals surface area contributed by atoms with Crippen molar-refractivity contribution in [2.75, 3.05) is 11.9 Å². The van der Waals surface area contributed by atoms with Gasteiger partial charge >= 0.3 is 5.97 Å². The molecule has 0 heterocycles. The Hall–Kier alpha value is -2.08. The number of hydrogen-bond donors (Lipinski definition) is 4. The Labute approximate surface area is 104 Å². The van der Waals surface area contributed by atoms with Gasteiger partial charge in [-0.3, -0.25) is 4.79 Å². The van der Waals surface area contributed by atoms with Gasteiger partial charge in [0.15, 0.2) is 0 Å². The SMILES string of the molecule is CC(CCN)C(=O)Nc1cc(C(=O)O)ccc1O. The van der Waals surface area contributed by atoms with Gasteiger partial charge in [0, 0.05) is 5.92 Å². The monoisotopic (exact) mass is 252 g/mol. The van der Waals surface area contributed by atoms with E-state index in [4.69, 9.17) is 10.8 Å². The van der Waals surface area contributed by atoms with E-state index in [1.807, 2.05) is 0 Å². The molecule has 0 radical (unpaired) electrons. The van der Waals surface area contributed by atoms with Crippen molar-refractivity contribution < 1.29 is 19.8 Å². The number of carbonyl (C=O) groups excluding carboxylic acids is 1. The van der Waals surface area contributed by atoms with Gasteiger partial charge in [-0.2, -0.15) is 0 Å². The van der Waals surface area contributed by atoms with Crippen LogP contribution in [0.3, 0.4) is 0 Å². The summed E-state index contributed by atoms with van der Waals surface area (Å²) >= 11 is 0. The highest BCUT2D eigenvalue weighted by atomic mass is 16.4. The molecule has 0 aliphatic rings. The summed E-state index contributed by atoms with van der Waals surface area (Å²) in [5.41, 5.74) is 5.43. The molecule has 5 N–H and O–H groups in total. The van der Waals surface area contributed by atoms with E-state index in [2.05, 4.69) is 5.32 Å². The summed E-state index contributed by atoms with van der Waals surface area (Å²) in [6, 6.07) is 3.70. The van der Waals surface area contributed by atoms with Crippen LogP contribution in [0.15, 0.2) is 18.2 Å². The highest BCUT2D eigenvalue weighted by Gasteiger charge is 2.15. The zero-order valence-corrected chi connectivity index (χ0v) is 10.0. The number of carbonyl (C=O) groups is 2. The van der Waals surface area contributed by atoms with Crippen molar-refractivity contribution in [3.8, 4) is 5.75 Å². The van der Waals surface area contributed by atoms with Gasteiger partial charge in [-0.05, 0) is 31.2 Å². The number of aromatic hydroxyl groups is 1. The first-order chi connectivity index (χ1) is 8.45. The molecule has 0 aliphatic heterocycles. The smallest absolute Gasteiger partial charge is 0.335 e. The fraction of sp³-hybridized carbons (Fsp3) is 0.333. The van der Waals surface area contributed by atoms with Crippen molar-refractivity contribution in [2.45, 2.75) is 13.3 Å². The van der Waals surface area contributed by atoms with Gasteiger partial charge in [0.25, 0.3) is 0 Å². The van der Waals surface area contributed by atoms with E-state index in [1.54, 1.807) is 6.92 Å². The van der Waals surface area contributed by atoms with Gasteiger partial charge in [-0.25, -0.2) is 4.79 Å². The number of phenolic OH excluding ortho intramolecular Hbond substituents is 1. The second kappa shape index (κ2) is 6.02. The van der Waals surface area contributed by atoms with Crippen molar-refractivity contribution in [1.29, 1.82) is 0 Å². The quantitative estimate of drug-likeness (QED) is 0.584. The first kappa shape index (κ1) is 14.0. The lowest BCUT2D eigenvalue weighted by molar-refractivity contribution is -0.119. The van der Waals surface area contributed by atoms with Crippen molar-refractivity contribution in [2.24, 2.45) is 11.7 Å². The van der Waals surface area contributed by atoms with Gasteiger partial charge in [0.05, 0.1) is 11.3 Å². The zero-order chi connectivity index (χ0) is 13.7. The molecule has 0 bridgehead atoms. The summed E-state index contributed by atoms with van der Waals surface area (Å²) in [4.78, 5) is 22.5. The van der Waals surface area contributed by atoms with E-state index in [0.29, 0.717) is 13.0 Å². The van der Waals surface area contributed by atoms with Crippen LogP contribution in [0.1, 0.15) is 23.7 Å². The summed E-state index contributed by atoms with van der Waals surface area (Å²) in [6.07, 6.45) is 0.519. The lowest BCUT2D eigenvalue weighted by atomic mass is 10.1. The molecule has 1 aromatic rings. The Morgan fingerprint density at radius 1 is 1.44 bits per heavy atom. The topological polar surface area (TPSA) is 113 Å². The Morgan fingerprint density at radius 3 is 2.67 bits per heavy atom. The van der Waals surface area contributed by atoms with E-state index in [1.165, 1.54) is 18.2 Å². The predicted octanol–water partition coefficient (Wildman–Crippen LogP) is 1.01. The van der Waals surface area contributed by atoms with Gasteiger partial charge in [0.2, 0.25) is 5.91 Å². The molecule has 18 heavy (non-hydrogen) atoms. The Morgan fingerprint density at radius 2 is 2.11 bits per heavy atom. The third kappa shape index (κ3) is 3.46.